The van der Waals surface area contributed by atoms with Crippen molar-refractivity contribution in [1.29, 1.82) is 0 Å². The van der Waals surface area contributed by atoms with Crippen LogP contribution in [0.5, 0.6) is 0 Å². The molecule has 1 aliphatic heterocycles. The molecule has 28 heavy (non-hydrogen) atoms. The summed E-state index contributed by atoms with van der Waals surface area (Å²) in [6.07, 6.45) is 3.26. The molecule has 0 N–H and O–H groups in total. The van der Waals surface area contributed by atoms with E-state index in [-0.39, 0.29) is 24.0 Å². The number of benzene rings is 2. The van der Waals surface area contributed by atoms with Crippen LogP contribution in [0, 0.1) is 0 Å². The molecule has 1 unspecified atom stereocenters. The van der Waals surface area contributed by atoms with Crippen molar-refractivity contribution in [2.45, 2.75) is 44.9 Å². The summed E-state index contributed by atoms with van der Waals surface area (Å²) in [6, 6.07) is 13.8. The first-order chi connectivity index (χ1) is 13.5. The van der Waals surface area contributed by atoms with Gasteiger partial charge in [-0.05, 0) is 48.6 Å². The third kappa shape index (κ3) is 3.44. The number of carbonyl (C=O) groups excluding carboxylic acids is 2. The van der Waals surface area contributed by atoms with E-state index in [1.807, 2.05) is 12.1 Å². The number of hydrogen-bond acceptors (Lipinski definition) is 2. The average molecular weight is 459 g/mol. The van der Waals surface area contributed by atoms with Gasteiger partial charge in [-0.3, -0.25) is 14.5 Å². The molecule has 2 aromatic carbocycles. The van der Waals surface area contributed by atoms with Gasteiger partial charge in [-0.1, -0.05) is 58.7 Å². The molecule has 0 saturated heterocycles. The van der Waals surface area contributed by atoms with Crippen molar-refractivity contribution in [1.82, 2.24) is 0 Å². The average Bonchev–Trinajstić information content (AvgIpc) is 2.68. The van der Waals surface area contributed by atoms with Crippen LogP contribution in [0.15, 0.2) is 58.2 Å². The Morgan fingerprint density at radius 2 is 1.86 bits per heavy atom. The van der Waals surface area contributed by atoms with Gasteiger partial charge < -0.3 is 0 Å². The minimum atomic E-state index is -0.174. The number of rotatable bonds is 3. The van der Waals surface area contributed by atoms with Gasteiger partial charge in [-0.25, -0.2) is 0 Å². The standard InChI is InChI=1S/C23H21BrClNO2/c1-2-14-6-8-15(9-7-14)17-13-22(28)26(19-11-10-16(24)12-18(19)25)20-4-3-5-21(27)23(17)20/h6-12,17H,2-5,13H2,1H3. The second kappa shape index (κ2) is 7.84. The van der Waals surface area contributed by atoms with E-state index in [1.165, 1.54) is 5.56 Å². The lowest BCUT2D eigenvalue weighted by atomic mass is 9.77. The van der Waals surface area contributed by atoms with Crippen LogP contribution >= 0.6 is 27.5 Å². The molecule has 3 nitrogen and oxygen atoms in total. The molecule has 0 bridgehead atoms. The lowest BCUT2D eigenvalue weighted by molar-refractivity contribution is -0.119. The molecule has 144 valence electrons. The fourth-order valence-electron chi connectivity index (χ4n) is 4.21. The van der Waals surface area contributed by atoms with Gasteiger partial charge >= 0.3 is 0 Å². The number of aryl methyl sites for hydroxylation is 1. The lowest BCUT2D eigenvalue weighted by Gasteiger charge is -2.38. The number of anilines is 1. The smallest absolute Gasteiger partial charge is 0.232 e. The number of nitrogens with zero attached hydrogens (tertiary/aromatic N) is 1. The number of hydrogen-bond donors (Lipinski definition) is 0. The number of ketones is 1. The zero-order valence-electron chi connectivity index (χ0n) is 15.7. The molecule has 4 rings (SSSR count). The fraction of sp³-hybridized carbons (Fsp3) is 0.304. The Morgan fingerprint density at radius 3 is 2.54 bits per heavy atom. The first-order valence-electron chi connectivity index (χ1n) is 9.62. The third-order valence-electron chi connectivity index (χ3n) is 5.62. The summed E-state index contributed by atoms with van der Waals surface area (Å²) in [6.45, 7) is 2.12. The Morgan fingerprint density at radius 1 is 1.11 bits per heavy atom. The van der Waals surface area contributed by atoms with Gasteiger partial charge in [-0.2, -0.15) is 0 Å². The molecule has 0 spiro atoms. The first kappa shape index (κ1) is 19.4. The van der Waals surface area contributed by atoms with Crippen molar-refractivity contribution in [3.05, 3.63) is 74.4 Å². The Balaban J connectivity index is 1.84. The molecule has 0 fully saturated rings. The van der Waals surface area contributed by atoms with Crippen molar-refractivity contribution < 1.29 is 9.59 Å². The maximum atomic E-state index is 13.2. The van der Waals surface area contributed by atoms with E-state index in [9.17, 15) is 9.59 Å². The highest BCUT2D eigenvalue weighted by molar-refractivity contribution is 9.10. The molecule has 1 heterocycles. The molecule has 0 radical (unpaired) electrons. The van der Waals surface area contributed by atoms with Crippen molar-refractivity contribution in [3.63, 3.8) is 0 Å². The predicted molar refractivity (Wildman–Crippen MR) is 116 cm³/mol. The van der Waals surface area contributed by atoms with E-state index in [1.54, 1.807) is 11.0 Å². The summed E-state index contributed by atoms with van der Waals surface area (Å²) in [5.41, 5.74) is 4.54. The highest BCUT2D eigenvalue weighted by Gasteiger charge is 2.40. The highest BCUT2D eigenvalue weighted by Crippen LogP contribution is 2.45. The topological polar surface area (TPSA) is 37.4 Å². The monoisotopic (exact) mass is 457 g/mol. The minimum absolute atomic E-state index is 0.0118. The van der Waals surface area contributed by atoms with Gasteiger partial charge in [0, 0.05) is 34.5 Å². The van der Waals surface area contributed by atoms with Crippen molar-refractivity contribution in [3.8, 4) is 0 Å². The normalized spacial score (nSPS) is 19.8. The van der Waals surface area contributed by atoms with E-state index in [4.69, 9.17) is 11.6 Å². The van der Waals surface area contributed by atoms with Gasteiger partial charge in [0.2, 0.25) is 5.91 Å². The van der Waals surface area contributed by atoms with E-state index in [2.05, 4.69) is 47.1 Å². The van der Waals surface area contributed by atoms with Crippen molar-refractivity contribution >= 4 is 44.9 Å². The Bertz CT molecular complexity index is 981. The molecule has 1 aliphatic carbocycles. The van der Waals surface area contributed by atoms with Crippen LogP contribution in [0.2, 0.25) is 5.02 Å². The summed E-state index contributed by atoms with van der Waals surface area (Å²) >= 11 is 9.86. The zero-order valence-corrected chi connectivity index (χ0v) is 18.0. The highest BCUT2D eigenvalue weighted by atomic mass is 79.9. The first-order valence-corrected chi connectivity index (χ1v) is 10.8. The minimum Gasteiger partial charge on any atom is -0.294 e. The van der Waals surface area contributed by atoms with Gasteiger partial charge in [-0.15, -0.1) is 0 Å². The maximum Gasteiger partial charge on any atom is 0.232 e. The molecule has 5 heteroatoms. The van der Waals surface area contributed by atoms with Crippen LogP contribution in [0.3, 0.4) is 0 Å². The number of Topliss-reactive ketones (excluding diaryl/α,β-unsaturated/α-hetero) is 1. The number of amides is 1. The fourth-order valence-corrected chi connectivity index (χ4v) is 4.96. The lowest BCUT2D eigenvalue weighted by Crippen LogP contribution is -2.40. The Labute approximate surface area is 178 Å². The zero-order chi connectivity index (χ0) is 19.8. The summed E-state index contributed by atoms with van der Waals surface area (Å²) in [5, 5.41) is 0.498. The second-order valence-electron chi connectivity index (χ2n) is 7.31. The number of allylic oxidation sites excluding steroid dienone is 2. The van der Waals surface area contributed by atoms with Gasteiger partial charge in [0.15, 0.2) is 5.78 Å². The summed E-state index contributed by atoms with van der Waals surface area (Å²) < 4.78 is 0.855. The van der Waals surface area contributed by atoms with E-state index in [0.29, 0.717) is 23.6 Å². The summed E-state index contributed by atoms with van der Waals surface area (Å²) in [4.78, 5) is 27.8. The van der Waals surface area contributed by atoms with Crippen LogP contribution in [0.25, 0.3) is 0 Å². The van der Waals surface area contributed by atoms with Crippen LogP contribution < -0.4 is 4.90 Å². The third-order valence-corrected chi connectivity index (χ3v) is 6.41. The van der Waals surface area contributed by atoms with E-state index in [0.717, 1.165) is 34.1 Å². The van der Waals surface area contributed by atoms with E-state index >= 15 is 0 Å². The number of carbonyl (C=O) groups is 2. The molecular weight excluding hydrogens is 438 g/mol. The van der Waals surface area contributed by atoms with E-state index < -0.39 is 0 Å². The molecule has 1 atom stereocenters. The van der Waals surface area contributed by atoms with Crippen LogP contribution in [-0.4, -0.2) is 11.7 Å². The van der Waals surface area contributed by atoms with Gasteiger partial charge in [0.1, 0.15) is 0 Å². The van der Waals surface area contributed by atoms with Gasteiger partial charge in [0.25, 0.3) is 0 Å². The van der Waals surface area contributed by atoms with Crippen molar-refractivity contribution in [2.75, 3.05) is 4.90 Å². The van der Waals surface area contributed by atoms with Gasteiger partial charge in [0.05, 0.1) is 10.7 Å². The SMILES string of the molecule is CCc1ccc(C2CC(=O)N(c3ccc(Br)cc3Cl)C3=C2C(=O)CCC3)cc1. The van der Waals surface area contributed by atoms with Crippen molar-refractivity contribution in [2.24, 2.45) is 0 Å². The maximum absolute atomic E-state index is 13.2. The quantitative estimate of drug-likeness (QED) is 0.550. The predicted octanol–water partition coefficient (Wildman–Crippen LogP) is 6.19. The van der Waals surface area contributed by atoms with Crippen LogP contribution in [0.1, 0.15) is 49.7 Å². The number of halogens is 2. The Kier molecular flexibility index (Phi) is 5.44. The Hall–Kier alpha value is -1.91. The molecule has 0 aromatic heterocycles. The summed E-state index contributed by atoms with van der Waals surface area (Å²) in [7, 11) is 0. The molecule has 2 aromatic rings. The summed E-state index contributed by atoms with van der Waals surface area (Å²) in [5.74, 6) is -0.0366. The molecule has 1 amide bonds. The van der Waals surface area contributed by atoms with Crippen LogP contribution in [0.4, 0.5) is 5.69 Å². The molecule has 2 aliphatic rings. The second-order valence-corrected chi connectivity index (χ2v) is 8.64. The molecular formula is C23H21BrClNO2. The van der Waals surface area contributed by atoms with Crippen LogP contribution in [-0.2, 0) is 16.0 Å². The largest absolute Gasteiger partial charge is 0.294 e. The molecule has 0 saturated carbocycles.